The van der Waals surface area contributed by atoms with E-state index in [0.717, 1.165) is 36.1 Å². The SMILES string of the molecule is CC(c1cccc(S(=O)(=O)C2(c3ccc(C(F)(C(F)(F)F)C(F)(F)F)cc3)CCN(C=O)C2)c1)C(F)(F)F. The Labute approximate surface area is 210 Å². The minimum absolute atomic E-state index is 0.152. The Bertz CT molecular complexity index is 1270. The minimum Gasteiger partial charge on any atom is -0.343 e. The number of likely N-dealkylation sites (tertiary alicyclic amines) is 1. The van der Waals surface area contributed by atoms with Gasteiger partial charge in [0.15, 0.2) is 9.84 Å². The second kappa shape index (κ2) is 9.42. The van der Waals surface area contributed by atoms with Gasteiger partial charge in [0.25, 0.3) is 0 Å². The summed E-state index contributed by atoms with van der Waals surface area (Å²) in [5.74, 6) is -2.06. The third-order valence-corrected chi connectivity index (χ3v) is 9.15. The molecule has 0 saturated carbocycles. The van der Waals surface area contributed by atoms with Gasteiger partial charge in [-0.25, -0.2) is 12.8 Å². The molecule has 0 aromatic heterocycles. The summed E-state index contributed by atoms with van der Waals surface area (Å²) in [7, 11) is -4.71. The molecule has 2 aromatic carbocycles. The van der Waals surface area contributed by atoms with Crippen molar-refractivity contribution in [3.63, 3.8) is 0 Å². The summed E-state index contributed by atoms with van der Waals surface area (Å²) in [5, 5.41) is 0. The molecular weight excluding hydrogens is 560 g/mol. The lowest BCUT2D eigenvalue weighted by molar-refractivity contribution is -0.348. The van der Waals surface area contributed by atoms with Gasteiger partial charge in [0, 0.05) is 18.7 Å². The zero-order chi connectivity index (χ0) is 28.9. The molecule has 1 heterocycles. The van der Waals surface area contributed by atoms with Crippen LogP contribution < -0.4 is 0 Å². The fourth-order valence-corrected chi connectivity index (χ4v) is 6.51. The first kappa shape index (κ1) is 29.7. The summed E-state index contributed by atoms with van der Waals surface area (Å²) in [6.07, 6.45) is -17.6. The monoisotopic (exact) mass is 579 g/mol. The summed E-state index contributed by atoms with van der Waals surface area (Å²) < 4.78 is 158. The van der Waals surface area contributed by atoms with E-state index in [9.17, 15) is 57.1 Å². The van der Waals surface area contributed by atoms with Gasteiger partial charge in [0.1, 0.15) is 4.75 Å². The number of rotatable bonds is 6. The number of sulfone groups is 1. The fourth-order valence-electron chi connectivity index (χ4n) is 4.37. The van der Waals surface area contributed by atoms with Crippen LogP contribution in [0.3, 0.4) is 0 Å². The first-order valence-corrected chi connectivity index (χ1v) is 12.2. The highest BCUT2D eigenvalue weighted by Gasteiger charge is 2.73. The van der Waals surface area contributed by atoms with Gasteiger partial charge in [0.05, 0.1) is 10.8 Å². The quantitative estimate of drug-likeness (QED) is 0.304. The maximum Gasteiger partial charge on any atom is 0.435 e. The molecule has 0 aliphatic carbocycles. The number of amides is 1. The lowest BCUT2D eigenvalue weighted by Gasteiger charge is -2.32. The molecule has 4 nitrogen and oxygen atoms in total. The largest absolute Gasteiger partial charge is 0.435 e. The molecule has 0 radical (unpaired) electrons. The van der Waals surface area contributed by atoms with E-state index in [1.54, 1.807) is 0 Å². The van der Waals surface area contributed by atoms with Crippen LogP contribution >= 0.6 is 0 Å². The Hall–Kier alpha value is -2.84. The van der Waals surface area contributed by atoms with E-state index in [0.29, 0.717) is 12.1 Å². The topological polar surface area (TPSA) is 54.5 Å². The molecule has 2 aromatic rings. The Kier molecular flexibility index (Phi) is 7.36. The van der Waals surface area contributed by atoms with E-state index in [1.807, 2.05) is 0 Å². The Morgan fingerprint density at radius 1 is 0.895 bits per heavy atom. The standard InChI is InChI=1S/C23H19F10NO3S/c1-14(21(25,26)27)15-3-2-4-18(11-15)38(36,37)19(9-10-34(12-19)13-35)16-5-7-17(8-6-16)20(24,22(28,29)30)23(31,32)33/h2-8,11,13-14H,9-10,12H2,1H3. The number of hydrogen-bond acceptors (Lipinski definition) is 3. The maximum absolute atomic E-state index is 14.5. The second-order valence-corrected chi connectivity index (χ2v) is 11.2. The van der Waals surface area contributed by atoms with Crippen molar-refractivity contribution in [2.75, 3.05) is 13.1 Å². The minimum atomic E-state index is -6.40. The molecule has 3 rings (SSSR count). The predicted octanol–water partition coefficient (Wildman–Crippen LogP) is 6.17. The van der Waals surface area contributed by atoms with Crippen molar-refractivity contribution >= 4 is 16.2 Å². The third-order valence-electron chi connectivity index (χ3n) is 6.67. The van der Waals surface area contributed by atoms with Crippen molar-refractivity contribution in [2.45, 2.75) is 53.1 Å². The van der Waals surface area contributed by atoms with Crippen molar-refractivity contribution in [3.8, 4) is 0 Å². The lowest BCUT2D eigenvalue weighted by Crippen LogP contribution is -2.50. The zero-order valence-electron chi connectivity index (χ0n) is 19.3. The first-order valence-electron chi connectivity index (χ1n) is 10.8. The zero-order valence-corrected chi connectivity index (χ0v) is 20.1. The smallest absolute Gasteiger partial charge is 0.343 e. The number of hydrogen-bond donors (Lipinski definition) is 0. The molecule has 1 saturated heterocycles. The van der Waals surface area contributed by atoms with Gasteiger partial charge in [0.2, 0.25) is 6.41 Å². The van der Waals surface area contributed by atoms with Crippen LogP contribution in [0, 0.1) is 0 Å². The van der Waals surface area contributed by atoms with Gasteiger partial charge < -0.3 is 4.90 Å². The van der Waals surface area contributed by atoms with Crippen LogP contribution in [0.15, 0.2) is 53.4 Å². The van der Waals surface area contributed by atoms with E-state index in [-0.39, 0.29) is 37.1 Å². The fraction of sp³-hybridized carbons (Fsp3) is 0.435. The molecule has 0 bridgehead atoms. The molecule has 1 aliphatic heterocycles. The van der Waals surface area contributed by atoms with Crippen LogP contribution in [0.25, 0.3) is 0 Å². The number of carbonyl (C=O) groups is 1. The molecule has 0 N–H and O–H groups in total. The molecule has 0 spiro atoms. The number of nitrogens with zero attached hydrogens (tertiary/aromatic N) is 1. The van der Waals surface area contributed by atoms with Crippen LogP contribution in [0.4, 0.5) is 43.9 Å². The predicted molar refractivity (Wildman–Crippen MR) is 113 cm³/mol. The summed E-state index contributed by atoms with van der Waals surface area (Å²) >= 11 is 0. The van der Waals surface area contributed by atoms with Crippen molar-refractivity contribution in [2.24, 2.45) is 0 Å². The van der Waals surface area contributed by atoms with Crippen LogP contribution in [0.1, 0.15) is 36.0 Å². The Morgan fingerprint density at radius 2 is 1.45 bits per heavy atom. The van der Waals surface area contributed by atoms with Crippen molar-refractivity contribution < 1.29 is 57.1 Å². The summed E-state index contributed by atoms with van der Waals surface area (Å²) in [5.41, 5.74) is -8.38. The Balaban J connectivity index is 2.18. The second-order valence-electron chi connectivity index (χ2n) is 8.89. The third kappa shape index (κ3) is 4.73. The van der Waals surface area contributed by atoms with Gasteiger partial charge in [-0.3, -0.25) is 4.79 Å². The van der Waals surface area contributed by atoms with Gasteiger partial charge >= 0.3 is 24.2 Å². The van der Waals surface area contributed by atoms with Crippen LogP contribution in [-0.2, 0) is 25.0 Å². The highest BCUT2D eigenvalue weighted by Crippen LogP contribution is 2.54. The van der Waals surface area contributed by atoms with E-state index < -0.39 is 67.3 Å². The van der Waals surface area contributed by atoms with E-state index >= 15 is 0 Å². The number of alkyl halides is 10. The maximum atomic E-state index is 14.5. The first-order chi connectivity index (χ1) is 17.2. The summed E-state index contributed by atoms with van der Waals surface area (Å²) in [6.45, 7) is 0.00620. The van der Waals surface area contributed by atoms with Crippen LogP contribution in [-0.4, -0.2) is 51.3 Å². The van der Waals surface area contributed by atoms with Crippen LogP contribution in [0.2, 0.25) is 0 Å². The van der Waals surface area contributed by atoms with E-state index in [2.05, 4.69) is 0 Å². The van der Waals surface area contributed by atoms with Crippen molar-refractivity contribution in [3.05, 3.63) is 65.2 Å². The Morgan fingerprint density at radius 3 is 1.89 bits per heavy atom. The van der Waals surface area contributed by atoms with Crippen LogP contribution in [0.5, 0.6) is 0 Å². The number of benzene rings is 2. The van der Waals surface area contributed by atoms with E-state index in [4.69, 9.17) is 0 Å². The summed E-state index contributed by atoms with van der Waals surface area (Å²) in [4.78, 5) is 11.7. The molecule has 2 atom stereocenters. The molecule has 210 valence electrons. The normalized spacial score (nSPS) is 20.4. The van der Waals surface area contributed by atoms with Gasteiger partial charge in [-0.15, -0.1) is 0 Å². The molecule has 1 amide bonds. The highest BCUT2D eigenvalue weighted by atomic mass is 32.2. The average molecular weight is 579 g/mol. The number of halogens is 10. The summed E-state index contributed by atoms with van der Waals surface area (Å²) in [6, 6.07) is 5.31. The van der Waals surface area contributed by atoms with Crippen molar-refractivity contribution in [1.29, 1.82) is 0 Å². The van der Waals surface area contributed by atoms with Crippen molar-refractivity contribution in [1.82, 2.24) is 4.90 Å². The molecular formula is C23H19F10NO3S. The molecule has 2 unspecified atom stereocenters. The molecule has 15 heteroatoms. The molecule has 1 aliphatic rings. The lowest BCUT2D eigenvalue weighted by atomic mass is 9.90. The molecule has 1 fully saturated rings. The molecule has 38 heavy (non-hydrogen) atoms. The van der Waals surface area contributed by atoms with Gasteiger partial charge in [-0.2, -0.15) is 39.5 Å². The number of carbonyl (C=O) groups excluding carboxylic acids is 1. The average Bonchev–Trinajstić information content (AvgIpc) is 3.27. The highest BCUT2D eigenvalue weighted by molar-refractivity contribution is 7.92. The van der Waals surface area contributed by atoms with E-state index in [1.165, 1.54) is 0 Å². The van der Waals surface area contributed by atoms with Gasteiger partial charge in [-0.1, -0.05) is 36.4 Å². The van der Waals surface area contributed by atoms with Gasteiger partial charge in [-0.05, 0) is 36.6 Å².